The molecule has 0 bridgehead atoms. The van der Waals surface area contributed by atoms with Crippen molar-refractivity contribution in [1.82, 2.24) is 15.0 Å². The maximum atomic E-state index is 13.6. The number of β-lactam (4-membered cyclic amide) rings is 1. The highest BCUT2D eigenvalue weighted by Gasteiger charge is 2.49. The van der Waals surface area contributed by atoms with Gasteiger partial charge in [0.25, 0.3) is 17.6 Å². The number of anilines is 2. The lowest BCUT2D eigenvalue weighted by atomic mass is 9.92. The van der Waals surface area contributed by atoms with Gasteiger partial charge < -0.3 is 4.90 Å². The fourth-order valence-electron chi connectivity index (χ4n) is 4.74. The van der Waals surface area contributed by atoms with Crippen LogP contribution in [0.4, 0.5) is 20.2 Å². The van der Waals surface area contributed by atoms with Crippen molar-refractivity contribution in [3.05, 3.63) is 114 Å². The molecular weight excluding hydrogens is 492 g/mol. The van der Waals surface area contributed by atoms with Gasteiger partial charge in [-0.2, -0.15) is 0 Å². The van der Waals surface area contributed by atoms with E-state index in [-0.39, 0.29) is 18.0 Å². The summed E-state index contributed by atoms with van der Waals surface area (Å²) in [5.41, 5.74) is 2.12. The first-order valence-corrected chi connectivity index (χ1v) is 11.8. The van der Waals surface area contributed by atoms with Crippen molar-refractivity contribution >= 4 is 35.0 Å². The van der Waals surface area contributed by atoms with Crippen LogP contribution in [0.1, 0.15) is 27.7 Å². The summed E-state index contributed by atoms with van der Waals surface area (Å²) in [6, 6.07) is 17.6. The van der Waals surface area contributed by atoms with Crippen LogP contribution in [0.2, 0.25) is 0 Å². The summed E-state index contributed by atoms with van der Waals surface area (Å²) in [5, 5.41) is 8.25. The predicted octanol–water partition coefficient (Wildman–Crippen LogP) is 3.96. The number of halogens is 2. The van der Waals surface area contributed by atoms with Crippen molar-refractivity contribution in [3.8, 4) is 0 Å². The van der Waals surface area contributed by atoms with Gasteiger partial charge in [0.2, 0.25) is 0 Å². The molecule has 2 aliphatic heterocycles. The lowest BCUT2D eigenvalue weighted by Crippen LogP contribution is -2.61. The second-order valence-electron chi connectivity index (χ2n) is 8.96. The minimum atomic E-state index is -0.790. The van der Waals surface area contributed by atoms with Gasteiger partial charge in [-0.05, 0) is 48.0 Å². The average molecular weight is 511 g/mol. The largest absolute Gasteiger partial charge is 0.301 e. The average Bonchev–Trinajstić information content (AvgIpc) is 3.46. The Morgan fingerprint density at radius 3 is 2.39 bits per heavy atom. The third-order valence-electron chi connectivity index (χ3n) is 6.60. The number of hydrogen-bond acceptors (Lipinski definition) is 5. The number of hydrogen-bond donors (Lipinski definition) is 0. The Morgan fingerprint density at radius 2 is 1.63 bits per heavy atom. The Morgan fingerprint density at radius 1 is 0.895 bits per heavy atom. The van der Waals surface area contributed by atoms with Gasteiger partial charge >= 0.3 is 0 Å². The molecule has 0 saturated carbocycles. The number of carbonyl (C=O) groups excluding carboxylic acids is 3. The summed E-state index contributed by atoms with van der Waals surface area (Å²) in [7, 11) is 0. The van der Waals surface area contributed by atoms with E-state index in [9.17, 15) is 23.2 Å². The molecule has 0 aliphatic carbocycles. The van der Waals surface area contributed by atoms with Crippen molar-refractivity contribution < 1.29 is 23.2 Å². The van der Waals surface area contributed by atoms with E-state index in [0.29, 0.717) is 17.1 Å². The Kier molecular flexibility index (Phi) is 5.64. The number of ketones is 1. The number of carbonyl (C=O) groups is 3. The molecule has 1 aromatic heterocycles. The zero-order chi connectivity index (χ0) is 26.4. The van der Waals surface area contributed by atoms with Crippen LogP contribution in [-0.4, -0.2) is 38.6 Å². The highest BCUT2D eigenvalue weighted by atomic mass is 19.1. The number of aromatic nitrogens is 3. The molecule has 0 spiro atoms. The standard InChI is InChI=1S/C28H19F2N5O3/c29-18-7-10-21(11-8-18)35-24(12-6-17-4-2-1-3-5-17)25(27(35)37)34-16-20(31-32-34)15-33-23-13-9-19(30)14-22(23)26(36)28(33)38/h1-14,16,24-25H,15H2/b12-6+/t24-,25+/m1/s1. The first-order chi connectivity index (χ1) is 18.4. The molecule has 1 fully saturated rings. The summed E-state index contributed by atoms with van der Waals surface area (Å²) in [6.07, 6.45) is 5.32. The quantitative estimate of drug-likeness (QED) is 0.289. The molecule has 2 aliphatic rings. The molecule has 3 aromatic carbocycles. The van der Waals surface area contributed by atoms with Crippen molar-refractivity contribution in [3.63, 3.8) is 0 Å². The first kappa shape index (κ1) is 23.4. The number of fused-ring (bicyclic) bond motifs is 1. The molecule has 0 radical (unpaired) electrons. The van der Waals surface area contributed by atoms with E-state index in [4.69, 9.17) is 0 Å². The minimum absolute atomic E-state index is 0.00221. The van der Waals surface area contributed by atoms with Crippen LogP contribution in [0.15, 0.2) is 85.1 Å². The normalized spacial score (nSPS) is 18.8. The minimum Gasteiger partial charge on any atom is -0.301 e. The van der Waals surface area contributed by atoms with E-state index in [1.165, 1.54) is 46.0 Å². The Hall–Kier alpha value is -4.99. The lowest BCUT2D eigenvalue weighted by molar-refractivity contribution is -0.128. The SMILES string of the molecule is O=C1C(=O)N(Cc2cn([C@@H]3C(=O)N(c4ccc(F)cc4)[C@@H]3/C=C/c3ccccc3)nn2)c2ccc(F)cc21. The number of Topliss-reactive ketones (excluding diaryl/α,β-unsaturated/α-hetero) is 1. The van der Waals surface area contributed by atoms with Crippen LogP contribution < -0.4 is 9.80 Å². The van der Waals surface area contributed by atoms with E-state index in [1.807, 2.05) is 42.5 Å². The van der Waals surface area contributed by atoms with Gasteiger partial charge in [-0.3, -0.25) is 19.3 Å². The Labute approximate surface area is 215 Å². The predicted molar refractivity (Wildman–Crippen MR) is 134 cm³/mol. The molecule has 1 saturated heterocycles. The Balaban J connectivity index is 1.28. The summed E-state index contributed by atoms with van der Waals surface area (Å²) in [5.74, 6) is -2.85. The third kappa shape index (κ3) is 3.96. The Bertz CT molecular complexity index is 1600. The van der Waals surface area contributed by atoms with E-state index in [1.54, 1.807) is 11.1 Å². The van der Waals surface area contributed by atoms with Gasteiger partial charge in [-0.15, -0.1) is 5.10 Å². The van der Waals surface area contributed by atoms with E-state index >= 15 is 0 Å². The van der Waals surface area contributed by atoms with Gasteiger partial charge in [-0.1, -0.05) is 47.7 Å². The van der Waals surface area contributed by atoms with E-state index in [2.05, 4.69) is 10.3 Å². The van der Waals surface area contributed by atoms with Crippen LogP contribution in [0.3, 0.4) is 0 Å². The van der Waals surface area contributed by atoms with Crippen LogP contribution in [-0.2, 0) is 16.1 Å². The fourth-order valence-corrected chi connectivity index (χ4v) is 4.74. The smallest absolute Gasteiger partial charge is 0.299 e. The molecule has 2 atom stereocenters. The molecule has 2 amide bonds. The third-order valence-corrected chi connectivity index (χ3v) is 6.60. The van der Waals surface area contributed by atoms with Crippen molar-refractivity contribution in [2.24, 2.45) is 0 Å². The molecule has 4 aromatic rings. The van der Waals surface area contributed by atoms with Gasteiger partial charge in [0, 0.05) is 5.69 Å². The number of rotatable bonds is 6. The van der Waals surface area contributed by atoms with Crippen LogP contribution in [0, 0.1) is 11.6 Å². The molecule has 0 N–H and O–H groups in total. The van der Waals surface area contributed by atoms with Gasteiger partial charge in [0.15, 0.2) is 6.04 Å². The molecule has 0 unspecified atom stereocenters. The molecular formula is C28H19F2N5O3. The zero-order valence-corrected chi connectivity index (χ0v) is 19.7. The van der Waals surface area contributed by atoms with E-state index < -0.39 is 35.4 Å². The molecule has 3 heterocycles. The van der Waals surface area contributed by atoms with Crippen molar-refractivity contribution in [2.75, 3.05) is 9.80 Å². The highest BCUT2D eigenvalue weighted by molar-refractivity contribution is 6.52. The van der Waals surface area contributed by atoms with Crippen LogP contribution in [0.25, 0.3) is 6.08 Å². The maximum absolute atomic E-state index is 13.6. The molecule has 38 heavy (non-hydrogen) atoms. The first-order valence-electron chi connectivity index (χ1n) is 11.8. The number of nitrogens with zero attached hydrogens (tertiary/aromatic N) is 5. The highest BCUT2D eigenvalue weighted by Crippen LogP contribution is 2.37. The van der Waals surface area contributed by atoms with E-state index in [0.717, 1.165) is 11.6 Å². The second-order valence-corrected chi connectivity index (χ2v) is 8.96. The lowest BCUT2D eigenvalue weighted by Gasteiger charge is -2.45. The summed E-state index contributed by atoms with van der Waals surface area (Å²) >= 11 is 0. The monoisotopic (exact) mass is 511 g/mol. The molecule has 188 valence electrons. The fraction of sp³-hybridized carbons (Fsp3) is 0.107. The summed E-state index contributed by atoms with van der Waals surface area (Å²) < 4.78 is 28.5. The molecule has 6 rings (SSSR count). The van der Waals surface area contributed by atoms with Crippen molar-refractivity contribution in [2.45, 2.75) is 18.6 Å². The van der Waals surface area contributed by atoms with Gasteiger partial charge in [0.05, 0.1) is 30.0 Å². The van der Waals surface area contributed by atoms with Crippen LogP contribution >= 0.6 is 0 Å². The molecule has 8 nitrogen and oxygen atoms in total. The zero-order valence-electron chi connectivity index (χ0n) is 19.7. The maximum Gasteiger partial charge on any atom is 0.299 e. The number of benzene rings is 3. The number of amides is 2. The van der Waals surface area contributed by atoms with Crippen LogP contribution in [0.5, 0.6) is 0 Å². The van der Waals surface area contributed by atoms with Gasteiger partial charge in [0.1, 0.15) is 17.3 Å². The molecule has 10 heteroatoms. The van der Waals surface area contributed by atoms with Gasteiger partial charge in [-0.25, -0.2) is 13.5 Å². The topological polar surface area (TPSA) is 88.4 Å². The summed E-state index contributed by atoms with van der Waals surface area (Å²) in [4.78, 5) is 40.9. The van der Waals surface area contributed by atoms with Crippen molar-refractivity contribution in [1.29, 1.82) is 0 Å². The summed E-state index contributed by atoms with van der Waals surface area (Å²) in [6.45, 7) is -0.0731. The second kappa shape index (κ2) is 9.15.